The van der Waals surface area contributed by atoms with Crippen molar-refractivity contribution in [2.24, 2.45) is 5.14 Å². The van der Waals surface area contributed by atoms with E-state index >= 15 is 0 Å². The Labute approximate surface area is 100 Å². The van der Waals surface area contributed by atoms with E-state index in [0.29, 0.717) is 16.6 Å². The van der Waals surface area contributed by atoms with Crippen molar-refractivity contribution < 1.29 is 8.42 Å². The molecular weight excluding hydrogens is 236 g/mol. The summed E-state index contributed by atoms with van der Waals surface area (Å²) in [5, 5.41) is 6.58. The molecule has 90 valence electrons. The second-order valence-corrected chi connectivity index (χ2v) is 5.63. The lowest BCUT2D eigenvalue weighted by Crippen LogP contribution is -2.15. The summed E-state index contributed by atoms with van der Waals surface area (Å²) in [5.41, 5.74) is 7.94. The monoisotopic (exact) mass is 250 g/mol. The zero-order valence-corrected chi connectivity index (χ0v) is 10.5. The van der Waals surface area contributed by atoms with Crippen LogP contribution < -0.4 is 10.9 Å². The summed E-state index contributed by atoms with van der Waals surface area (Å²) in [7, 11) is -3.75. The van der Waals surface area contributed by atoms with E-state index in [1.807, 2.05) is 13.0 Å². The molecule has 0 aliphatic heterocycles. The van der Waals surface area contributed by atoms with Gasteiger partial charge in [0.1, 0.15) is 0 Å². The molecule has 0 amide bonds. The van der Waals surface area contributed by atoms with E-state index < -0.39 is 10.0 Å². The number of hydrogen-bond donors (Lipinski definition) is 2. The van der Waals surface area contributed by atoms with Crippen molar-refractivity contribution >= 4 is 26.5 Å². The van der Waals surface area contributed by atoms with E-state index in [1.165, 1.54) is 0 Å². The van der Waals surface area contributed by atoms with E-state index in [4.69, 9.17) is 10.9 Å². The molecule has 0 aliphatic rings. The summed E-state index contributed by atoms with van der Waals surface area (Å²) in [5.74, 6) is 0. The number of nitrogen functional groups attached to an aromatic ring is 1. The minimum absolute atomic E-state index is 0.166. The number of fused-ring (bicyclic) bond motifs is 1. The third kappa shape index (κ3) is 1.87. The van der Waals surface area contributed by atoms with Gasteiger partial charge in [0.05, 0.1) is 4.90 Å². The number of aryl methyl sites for hydroxylation is 1. The zero-order valence-electron chi connectivity index (χ0n) is 9.69. The van der Waals surface area contributed by atoms with Gasteiger partial charge in [-0.2, -0.15) is 0 Å². The number of benzene rings is 2. The topological polar surface area (TPSA) is 86.2 Å². The maximum atomic E-state index is 11.7. The molecule has 5 heteroatoms. The lowest BCUT2D eigenvalue weighted by Gasteiger charge is -2.12. The van der Waals surface area contributed by atoms with E-state index in [2.05, 4.69) is 0 Å². The summed E-state index contributed by atoms with van der Waals surface area (Å²) >= 11 is 0. The molecule has 0 atom stereocenters. The molecule has 0 radical (unpaired) electrons. The molecule has 0 bridgehead atoms. The van der Waals surface area contributed by atoms with E-state index in [9.17, 15) is 8.42 Å². The molecule has 0 saturated carbocycles. The van der Waals surface area contributed by atoms with Gasteiger partial charge in [-0.3, -0.25) is 0 Å². The van der Waals surface area contributed by atoms with Gasteiger partial charge in [0.15, 0.2) is 0 Å². The lowest BCUT2D eigenvalue weighted by atomic mass is 10.0. The average molecular weight is 250 g/mol. The van der Waals surface area contributed by atoms with Gasteiger partial charge >= 0.3 is 0 Å². The number of hydrogen-bond acceptors (Lipinski definition) is 3. The predicted octanol–water partition coefficient (Wildman–Crippen LogP) is 1.69. The maximum absolute atomic E-state index is 11.7. The van der Waals surface area contributed by atoms with Crippen LogP contribution in [-0.4, -0.2) is 8.42 Å². The Morgan fingerprint density at radius 2 is 1.76 bits per heavy atom. The highest BCUT2D eigenvalue weighted by Crippen LogP contribution is 2.31. The fourth-order valence-electron chi connectivity index (χ4n) is 2.01. The van der Waals surface area contributed by atoms with Gasteiger partial charge in [0.25, 0.3) is 0 Å². The molecule has 0 unspecified atom stereocenters. The largest absolute Gasteiger partial charge is 0.398 e. The van der Waals surface area contributed by atoms with Crippen LogP contribution in [0, 0.1) is 13.8 Å². The standard InChI is InChI=1S/C12H14N2O2S/c1-7-6-10-9(4-3-5-11(10)13)12(8(7)2)17(14,15)16/h3-6H,13H2,1-2H3,(H2,14,15,16). The van der Waals surface area contributed by atoms with Crippen LogP contribution in [0.5, 0.6) is 0 Å². The van der Waals surface area contributed by atoms with Gasteiger partial charge in [0, 0.05) is 16.5 Å². The van der Waals surface area contributed by atoms with E-state index in [0.717, 1.165) is 10.9 Å². The number of sulfonamides is 1. The molecule has 2 rings (SSSR count). The third-order valence-electron chi connectivity index (χ3n) is 2.96. The first-order valence-corrected chi connectivity index (χ1v) is 6.68. The van der Waals surface area contributed by atoms with Gasteiger partial charge in [0.2, 0.25) is 10.0 Å². The maximum Gasteiger partial charge on any atom is 0.238 e. The molecule has 0 fully saturated rings. The second-order valence-electron chi connectivity index (χ2n) is 4.13. The molecule has 0 saturated heterocycles. The van der Waals surface area contributed by atoms with Crippen LogP contribution >= 0.6 is 0 Å². The summed E-state index contributed by atoms with van der Waals surface area (Å²) in [4.78, 5) is 0.166. The second kappa shape index (κ2) is 3.72. The van der Waals surface area contributed by atoms with Gasteiger partial charge in [-0.1, -0.05) is 12.1 Å². The van der Waals surface area contributed by atoms with Crippen molar-refractivity contribution in [1.29, 1.82) is 0 Å². The van der Waals surface area contributed by atoms with Gasteiger partial charge < -0.3 is 5.73 Å². The number of rotatable bonds is 1. The lowest BCUT2D eigenvalue weighted by molar-refractivity contribution is 0.598. The Morgan fingerprint density at radius 1 is 1.12 bits per heavy atom. The van der Waals surface area contributed by atoms with Crippen molar-refractivity contribution in [3.63, 3.8) is 0 Å². The Bertz CT molecular complexity index is 706. The minimum atomic E-state index is -3.75. The number of anilines is 1. The molecule has 0 spiro atoms. The molecule has 0 aliphatic carbocycles. The first-order chi connectivity index (χ1) is 7.82. The van der Waals surface area contributed by atoms with Gasteiger partial charge in [-0.15, -0.1) is 0 Å². The number of primary sulfonamides is 1. The Balaban J connectivity index is 3.10. The molecule has 0 aromatic heterocycles. The molecule has 4 N–H and O–H groups in total. The van der Waals surface area contributed by atoms with Crippen LogP contribution in [0.2, 0.25) is 0 Å². The van der Waals surface area contributed by atoms with Crippen molar-refractivity contribution in [2.45, 2.75) is 18.7 Å². The highest BCUT2D eigenvalue weighted by Gasteiger charge is 2.18. The van der Waals surface area contributed by atoms with Crippen molar-refractivity contribution in [3.8, 4) is 0 Å². The molecule has 2 aromatic carbocycles. The average Bonchev–Trinajstić information content (AvgIpc) is 2.19. The van der Waals surface area contributed by atoms with Gasteiger partial charge in [-0.05, 0) is 37.1 Å². The first-order valence-electron chi connectivity index (χ1n) is 5.13. The third-order valence-corrected chi connectivity index (χ3v) is 4.06. The van der Waals surface area contributed by atoms with Crippen LogP contribution in [-0.2, 0) is 10.0 Å². The Kier molecular flexibility index (Phi) is 2.60. The predicted molar refractivity (Wildman–Crippen MR) is 69.2 cm³/mol. The summed E-state index contributed by atoms with van der Waals surface area (Å²) in [6.45, 7) is 3.59. The summed E-state index contributed by atoms with van der Waals surface area (Å²) in [6.07, 6.45) is 0. The Morgan fingerprint density at radius 3 is 2.35 bits per heavy atom. The van der Waals surface area contributed by atoms with E-state index in [1.54, 1.807) is 25.1 Å². The fraction of sp³-hybridized carbons (Fsp3) is 0.167. The minimum Gasteiger partial charge on any atom is -0.398 e. The highest BCUT2D eigenvalue weighted by molar-refractivity contribution is 7.89. The quantitative estimate of drug-likeness (QED) is 0.755. The fourth-order valence-corrected chi connectivity index (χ4v) is 3.09. The molecular formula is C12H14N2O2S. The van der Waals surface area contributed by atoms with Crippen molar-refractivity contribution in [3.05, 3.63) is 35.4 Å². The van der Waals surface area contributed by atoms with Crippen LogP contribution in [0.1, 0.15) is 11.1 Å². The van der Waals surface area contributed by atoms with Crippen molar-refractivity contribution in [1.82, 2.24) is 0 Å². The molecule has 4 nitrogen and oxygen atoms in total. The molecule has 2 aromatic rings. The van der Waals surface area contributed by atoms with Crippen LogP contribution in [0.3, 0.4) is 0 Å². The van der Waals surface area contributed by atoms with Crippen LogP contribution in [0.4, 0.5) is 5.69 Å². The van der Waals surface area contributed by atoms with E-state index in [-0.39, 0.29) is 4.90 Å². The van der Waals surface area contributed by atoms with Crippen molar-refractivity contribution in [2.75, 3.05) is 5.73 Å². The molecule has 17 heavy (non-hydrogen) atoms. The smallest absolute Gasteiger partial charge is 0.238 e. The first kappa shape index (κ1) is 11.9. The molecule has 0 heterocycles. The Hall–Kier alpha value is -1.59. The highest BCUT2D eigenvalue weighted by atomic mass is 32.2. The van der Waals surface area contributed by atoms with Crippen LogP contribution in [0.25, 0.3) is 10.8 Å². The number of nitrogens with two attached hydrogens (primary N) is 2. The summed E-state index contributed by atoms with van der Waals surface area (Å²) in [6, 6.07) is 7.07. The van der Waals surface area contributed by atoms with Crippen LogP contribution in [0.15, 0.2) is 29.2 Å². The normalized spacial score (nSPS) is 11.9. The zero-order chi connectivity index (χ0) is 12.8. The van der Waals surface area contributed by atoms with Gasteiger partial charge in [-0.25, -0.2) is 13.6 Å². The SMILES string of the molecule is Cc1cc2c(N)cccc2c(S(N)(=O)=O)c1C. The summed E-state index contributed by atoms with van der Waals surface area (Å²) < 4.78 is 23.3.